The first kappa shape index (κ1) is 21.2. The Morgan fingerprint density at radius 3 is 2.63 bits per heavy atom. The Morgan fingerprint density at radius 1 is 1.20 bits per heavy atom. The highest BCUT2D eigenvalue weighted by Gasteiger charge is 2.31. The molecule has 5 nitrogen and oxygen atoms in total. The van der Waals surface area contributed by atoms with Crippen LogP contribution in [0.15, 0.2) is 72.3 Å². The Bertz CT molecular complexity index is 1070. The second-order valence-electron chi connectivity index (χ2n) is 6.62. The molecular formula is C24H21N3O2S. The zero-order valence-electron chi connectivity index (χ0n) is 16.4. The Balaban J connectivity index is 1.86. The number of carbonyl (C=O) groups is 2. The van der Waals surface area contributed by atoms with E-state index in [1.54, 1.807) is 24.3 Å². The first-order valence-corrected chi connectivity index (χ1v) is 10.4. The summed E-state index contributed by atoms with van der Waals surface area (Å²) in [5.41, 5.74) is 3.73. The minimum Gasteiger partial charge on any atom is -0.325 e. The average Bonchev–Trinajstić information content (AvgIpc) is 2.77. The number of anilines is 1. The van der Waals surface area contributed by atoms with Gasteiger partial charge in [-0.25, -0.2) is 0 Å². The monoisotopic (exact) mass is 415 g/mol. The molecule has 150 valence electrons. The van der Waals surface area contributed by atoms with Crippen molar-refractivity contribution in [3.63, 3.8) is 0 Å². The highest BCUT2D eigenvalue weighted by atomic mass is 32.2. The van der Waals surface area contributed by atoms with E-state index in [1.165, 1.54) is 0 Å². The SMILES string of the molecule is C=Cc1cccc(C2CC(=O)NC(SCC(=O)Nc3ccccc3)=C2C#N)c1C=C. The quantitative estimate of drug-likeness (QED) is 0.688. The molecule has 0 radical (unpaired) electrons. The normalized spacial score (nSPS) is 15.7. The Kier molecular flexibility index (Phi) is 6.89. The molecule has 1 aliphatic rings. The number of hydrogen-bond donors (Lipinski definition) is 2. The zero-order valence-corrected chi connectivity index (χ0v) is 17.2. The summed E-state index contributed by atoms with van der Waals surface area (Å²) in [5.74, 6) is -0.739. The third kappa shape index (κ3) is 4.70. The molecule has 6 heteroatoms. The molecule has 0 fully saturated rings. The third-order valence-corrected chi connectivity index (χ3v) is 5.75. The molecule has 2 aromatic rings. The summed E-state index contributed by atoms with van der Waals surface area (Å²) in [4.78, 5) is 24.7. The number of benzene rings is 2. The maximum absolute atomic E-state index is 12.4. The van der Waals surface area contributed by atoms with Gasteiger partial charge in [-0.3, -0.25) is 9.59 Å². The van der Waals surface area contributed by atoms with Crippen molar-refractivity contribution in [1.29, 1.82) is 5.26 Å². The molecule has 1 unspecified atom stereocenters. The van der Waals surface area contributed by atoms with Crippen LogP contribution in [0.1, 0.15) is 29.0 Å². The first-order chi connectivity index (χ1) is 14.6. The van der Waals surface area contributed by atoms with Gasteiger partial charge in [0.25, 0.3) is 0 Å². The van der Waals surface area contributed by atoms with Gasteiger partial charge in [0.15, 0.2) is 0 Å². The first-order valence-electron chi connectivity index (χ1n) is 9.37. The van der Waals surface area contributed by atoms with Crippen LogP contribution in [0.25, 0.3) is 12.2 Å². The molecule has 1 aliphatic heterocycles. The van der Waals surface area contributed by atoms with Crippen LogP contribution in [0.2, 0.25) is 0 Å². The highest BCUT2D eigenvalue weighted by molar-refractivity contribution is 8.03. The van der Waals surface area contributed by atoms with Gasteiger partial charge in [0.2, 0.25) is 11.8 Å². The van der Waals surface area contributed by atoms with Gasteiger partial charge in [-0.15, -0.1) is 0 Å². The maximum Gasteiger partial charge on any atom is 0.234 e. The number of nitrogens with one attached hydrogen (secondary N) is 2. The summed E-state index contributed by atoms with van der Waals surface area (Å²) in [6.45, 7) is 7.70. The van der Waals surface area contributed by atoms with Gasteiger partial charge in [0, 0.05) is 18.0 Å². The van der Waals surface area contributed by atoms with Crippen molar-refractivity contribution in [2.24, 2.45) is 0 Å². The van der Waals surface area contributed by atoms with Crippen molar-refractivity contribution >= 4 is 41.4 Å². The van der Waals surface area contributed by atoms with E-state index in [0.717, 1.165) is 28.5 Å². The van der Waals surface area contributed by atoms with Gasteiger partial charge in [0.1, 0.15) is 0 Å². The zero-order chi connectivity index (χ0) is 21.5. The van der Waals surface area contributed by atoms with Gasteiger partial charge in [-0.1, -0.05) is 73.5 Å². The molecule has 1 heterocycles. The molecule has 2 N–H and O–H groups in total. The topological polar surface area (TPSA) is 82.0 Å². The van der Waals surface area contributed by atoms with Gasteiger partial charge in [-0.05, 0) is 28.8 Å². The molecule has 2 amide bonds. The largest absolute Gasteiger partial charge is 0.325 e. The smallest absolute Gasteiger partial charge is 0.234 e. The second-order valence-corrected chi connectivity index (χ2v) is 7.61. The number of allylic oxidation sites excluding steroid dienone is 1. The van der Waals surface area contributed by atoms with Crippen LogP contribution in [0.4, 0.5) is 5.69 Å². The number of nitriles is 1. The minimum absolute atomic E-state index is 0.0728. The van der Waals surface area contributed by atoms with Gasteiger partial charge in [-0.2, -0.15) is 5.26 Å². The van der Waals surface area contributed by atoms with Crippen LogP contribution in [0.5, 0.6) is 0 Å². The van der Waals surface area contributed by atoms with E-state index in [2.05, 4.69) is 29.9 Å². The molecule has 0 aliphatic carbocycles. The fraction of sp³-hybridized carbons (Fsp3) is 0.125. The van der Waals surface area contributed by atoms with E-state index in [0.29, 0.717) is 16.3 Å². The van der Waals surface area contributed by atoms with Crippen molar-refractivity contribution in [1.82, 2.24) is 5.32 Å². The molecule has 0 saturated heterocycles. The van der Waals surface area contributed by atoms with Crippen LogP contribution >= 0.6 is 11.8 Å². The summed E-state index contributed by atoms with van der Waals surface area (Å²) in [5, 5.41) is 15.8. The van der Waals surface area contributed by atoms with Crippen molar-refractivity contribution in [3.8, 4) is 6.07 Å². The van der Waals surface area contributed by atoms with Crippen LogP contribution in [0, 0.1) is 11.3 Å². The minimum atomic E-state index is -0.406. The Hall–Kier alpha value is -3.56. The van der Waals surface area contributed by atoms with Crippen LogP contribution in [-0.4, -0.2) is 17.6 Å². The molecule has 30 heavy (non-hydrogen) atoms. The molecule has 0 bridgehead atoms. The molecule has 0 spiro atoms. The number of nitrogens with zero attached hydrogens (tertiary/aromatic N) is 1. The van der Waals surface area contributed by atoms with Gasteiger partial charge in [0.05, 0.1) is 22.4 Å². The summed E-state index contributed by atoms with van der Waals surface area (Å²) < 4.78 is 0. The lowest BCUT2D eigenvalue weighted by Crippen LogP contribution is -2.31. The van der Waals surface area contributed by atoms with Crippen molar-refractivity contribution < 1.29 is 9.59 Å². The maximum atomic E-state index is 12.4. The number of carbonyl (C=O) groups excluding carboxylic acids is 2. The van der Waals surface area contributed by atoms with Crippen LogP contribution < -0.4 is 10.6 Å². The van der Waals surface area contributed by atoms with Gasteiger partial charge < -0.3 is 10.6 Å². The predicted octanol–water partition coefficient (Wildman–Crippen LogP) is 4.68. The summed E-state index contributed by atoms with van der Waals surface area (Å²) in [7, 11) is 0. The lowest BCUT2D eigenvalue weighted by molar-refractivity contribution is -0.121. The standard InChI is InChI=1S/C24H21N3O2S/c1-3-16-9-8-12-19(18(16)4-2)20-13-22(28)27-24(21(20)14-25)30-15-23(29)26-17-10-6-5-7-11-17/h3-12,20H,1-2,13,15H2,(H,26,29)(H,27,28). The lowest BCUT2D eigenvalue weighted by Gasteiger charge is -2.26. The number of rotatable bonds is 7. The average molecular weight is 416 g/mol. The molecule has 2 aromatic carbocycles. The summed E-state index contributed by atoms with van der Waals surface area (Å²) in [6, 6.07) is 17.0. The van der Waals surface area contributed by atoms with E-state index >= 15 is 0 Å². The number of para-hydroxylation sites is 1. The second kappa shape index (κ2) is 9.77. The lowest BCUT2D eigenvalue weighted by atomic mass is 9.83. The summed E-state index contributed by atoms with van der Waals surface area (Å²) >= 11 is 1.15. The fourth-order valence-electron chi connectivity index (χ4n) is 3.37. The van der Waals surface area contributed by atoms with Gasteiger partial charge >= 0.3 is 0 Å². The van der Waals surface area contributed by atoms with E-state index in [-0.39, 0.29) is 24.0 Å². The fourth-order valence-corrected chi connectivity index (χ4v) is 4.25. The molecular weight excluding hydrogens is 394 g/mol. The van der Waals surface area contributed by atoms with Crippen LogP contribution in [-0.2, 0) is 9.59 Å². The van der Waals surface area contributed by atoms with E-state index in [4.69, 9.17) is 0 Å². The molecule has 0 saturated carbocycles. The van der Waals surface area contributed by atoms with E-state index < -0.39 is 5.92 Å². The van der Waals surface area contributed by atoms with Crippen molar-refractivity contribution in [3.05, 3.63) is 89.0 Å². The molecule has 3 rings (SSSR count). The van der Waals surface area contributed by atoms with Crippen molar-refractivity contribution in [2.45, 2.75) is 12.3 Å². The third-order valence-electron chi connectivity index (χ3n) is 4.73. The number of hydrogen-bond acceptors (Lipinski definition) is 4. The van der Waals surface area contributed by atoms with E-state index in [1.807, 2.05) is 36.4 Å². The van der Waals surface area contributed by atoms with Crippen LogP contribution in [0.3, 0.4) is 0 Å². The number of amides is 2. The summed E-state index contributed by atoms with van der Waals surface area (Å²) in [6.07, 6.45) is 3.60. The molecule has 1 atom stereocenters. The Morgan fingerprint density at radius 2 is 1.97 bits per heavy atom. The molecule has 0 aromatic heterocycles. The Labute approximate surface area is 180 Å². The highest BCUT2D eigenvalue weighted by Crippen LogP contribution is 2.38. The van der Waals surface area contributed by atoms with E-state index in [9.17, 15) is 14.9 Å². The van der Waals surface area contributed by atoms with Crippen molar-refractivity contribution in [2.75, 3.05) is 11.1 Å². The predicted molar refractivity (Wildman–Crippen MR) is 122 cm³/mol. The number of thioether (sulfide) groups is 1.